The number of nitrogens with one attached hydrogen (secondary N) is 2. The van der Waals surface area contributed by atoms with Crippen molar-refractivity contribution >= 4 is 11.8 Å². The average molecular weight is 304 g/mol. The van der Waals surface area contributed by atoms with Gasteiger partial charge in [0.1, 0.15) is 5.82 Å². The summed E-state index contributed by atoms with van der Waals surface area (Å²) < 4.78 is 38.4. The molecule has 8 heteroatoms. The first-order chi connectivity index (χ1) is 9.90. The van der Waals surface area contributed by atoms with Gasteiger partial charge < -0.3 is 15.7 Å². The second kappa shape index (κ2) is 6.46. The molecule has 118 valence electrons. The van der Waals surface area contributed by atoms with E-state index in [0.717, 1.165) is 25.3 Å². The Morgan fingerprint density at radius 1 is 1.19 bits per heavy atom. The molecule has 0 saturated heterocycles. The highest BCUT2D eigenvalue weighted by Gasteiger charge is 2.34. The summed E-state index contributed by atoms with van der Waals surface area (Å²) in [5, 5.41) is 15.5. The van der Waals surface area contributed by atoms with Gasteiger partial charge in [-0.2, -0.15) is 18.2 Å². The van der Waals surface area contributed by atoms with E-state index in [0.29, 0.717) is 12.8 Å². The molecule has 0 bridgehead atoms. The van der Waals surface area contributed by atoms with E-state index in [9.17, 15) is 18.3 Å². The number of halogens is 3. The maximum atomic E-state index is 12.8. The molecule has 0 aromatic carbocycles. The molecule has 0 aliphatic heterocycles. The van der Waals surface area contributed by atoms with E-state index in [1.807, 2.05) is 0 Å². The van der Waals surface area contributed by atoms with E-state index in [1.54, 1.807) is 0 Å². The van der Waals surface area contributed by atoms with E-state index in [1.165, 1.54) is 7.05 Å². The summed E-state index contributed by atoms with van der Waals surface area (Å²) in [4.78, 5) is 7.38. The van der Waals surface area contributed by atoms with Gasteiger partial charge in [0.2, 0.25) is 5.95 Å². The van der Waals surface area contributed by atoms with Gasteiger partial charge in [0.15, 0.2) is 5.69 Å². The second-order valence-corrected chi connectivity index (χ2v) is 5.17. The largest absolute Gasteiger partial charge is 0.433 e. The van der Waals surface area contributed by atoms with Gasteiger partial charge in [-0.1, -0.05) is 19.3 Å². The topological polar surface area (TPSA) is 70.1 Å². The van der Waals surface area contributed by atoms with Crippen LogP contribution in [0.3, 0.4) is 0 Å². The van der Waals surface area contributed by atoms with Gasteiger partial charge in [0.25, 0.3) is 0 Å². The molecular weight excluding hydrogens is 285 g/mol. The Hall–Kier alpha value is -1.57. The van der Waals surface area contributed by atoms with E-state index in [2.05, 4.69) is 20.6 Å². The number of aliphatic hydroxyl groups excluding tert-OH is 1. The van der Waals surface area contributed by atoms with Crippen LogP contribution in [0.25, 0.3) is 0 Å². The molecule has 0 radical (unpaired) electrons. The maximum absolute atomic E-state index is 12.8. The van der Waals surface area contributed by atoms with Crippen molar-refractivity contribution in [3.05, 3.63) is 11.8 Å². The van der Waals surface area contributed by atoms with Gasteiger partial charge in [-0.3, -0.25) is 0 Å². The van der Waals surface area contributed by atoms with Crippen molar-refractivity contribution in [2.75, 3.05) is 17.7 Å². The Balaban J connectivity index is 2.22. The van der Waals surface area contributed by atoms with E-state index >= 15 is 0 Å². The smallest absolute Gasteiger partial charge is 0.391 e. The summed E-state index contributed by atoms with van der Waals surface area (Å²) >= 11 is 0. The van der Waals surface area contributed by atoms with Crippen molar-refractivity contribution < 1.29 is 18.3 Å². The highest BCUT2D eigenvalue weighted by Crippen LogP contribution is 2.30. The number of hydrogen-bond donors (Lipinski definition) is 3. The first kappa shape index (κ1) is 15.8. The van der Waals surface area contributed by atoms with Crippen LogP contribution in [0.15, 0.2) is 6.07 Å². The second-order valence-electron chi connectivity index (χ2n) is 5.17. The Labute approximate surface area is 121 Å². The van der Waals surface area contributed by atoms with Gasteiger partial charge in [0, 0.05) is 13.1 Å². The molecule has 3 N–H and O–H groups in total. The molecule has 1 heterocycles. The van der Waals surface area contributed by atoms with Crippen LogP contribution >= 0.6 is 0 Å². The minimum Gasteiger partial charge on any atom is -0.391 e. The van der Waals surface area contributed by atoms with Crippen molar-refractivity contribution in [1.82, 2.24) is 9.97 Å². The van der Waals surface area contributed by atoms with Crippen molar-refractivity contribution in [2.45, 2.75) is 50.4 Å². The van der Waals surface area contributed by atoms with Crippen LogP contribution in [-0.2, 0) is 6.18 Å². The Kier molecular flexibility index (Phi) is 4.87. The van der Waals surface area contributed by atoms with Crippen molar-refractivity contribution in [1.29, 1.82) is 0 Å². The summed E-state index contributed by atoms with van der Waals surface area (Å²) in [6.07, 6.45) is -0.866. The Morgan fingerprint density at radius 3 is 2.57 bits per heavy atom. The quantitative estimate of drug-likeness (QED) is 0.749. The SMILES string of the molecule is CNc1nc(NC2CCCCCC2O)cc(C(F)(F)F)n1. The number of anilines is 2. The van der Waals surface area contributed by atoms with Crippen LogP contribution in [-0.4, -0.2) is 34.3 Å². The summed E-state index contributed by atoms with van der Waals surface area (Å²) in [5.74, 6) is -0.0249. The zero-order valence-corrected chi connectivity index (χ0v) is 11.7. The summed E-state index contributed by atoms with van der Waals surface area (Å²) in [6, 6.07) is 0.589. The number of nitrogens with zero attached hydrogens (tertiary/aromatic N) is 2. The van der Waals surface area contributed by atoms with E-state index in [4.69, 9.17) is 0 Å². The first-order valence-electron chi connectivity index (χ1n) is 6.99. The summed E-state index contributed by atoms with van der Waals surface area (Å²) in [7, 11) is 1.46. The fourth-order valence-corrected chi connectivity index (χ4v) is 2.42. The van der Waals surface area contributed by atoms with Crippen molar-refractivity contribution in [2.24, 2.45) is 0 Å². The summed E-state index contributed by atoms with van der Waals surface area (Å²) in [6.45, 7) is 0. The van der Waals surface area contributed by atoms with Crippen LogP contribution in [0.4, 0.5) is 24.9 Å². The van der Waals surface area contributed by atoms with Crippen LogP contribution in [0, 0.1) is 0 Å². The van der Waals surface area contributed by atoms with Gasteiger partial charge >= 0.3 is 6.18 Å². The van der Waals surface area contributed by atoms with Crippen molar-refractivity contribution in [3.63, 3.8) is 0 Å². The number of rotatable bonds is 3. The highest BCUT2D eigenvalue weighted by atomic mass is 19.4. The van der Waals surface area contributed by atoms with Gasteiger partial charge in [-0.05, 0) is 12.8 Å². The molecule has 1 saturated carbocycles. The monoisotopic (exact) mass is 304 g/mol. The lowest BCUT2D eigenvalue weighted by molar-refractivity contribution is -0.141. The molecule has 0 amide bonds. The number of hydrogen-bond acceptors (Lipinski definition) is 5. The molecule has 2 unspecified atom stereocenters. The normalized spacial score (nSPS) is 23.5. The molecule has 21 heavy (non-hydrogen) atoms. The summed E-state index contributed by atoms with van der Waals surface area (Å²) in [5.41, 5.74) is -1.01. The lowest BCUT2D eigenvalue weighted by atomic mass is 10.1. The fourth-order valence-electron chi connectivity index (χ4n) is 2.42. The zero-order chi connectivity index (χ0) is 15.5. The Morgan fingerprint density at radius 2 is 1.90 bits per heavy atom. The standard InChI is InChI=1S/C13H19F3N4O/c1-17-12-19-10(13(14,15)16)7-11(20-12)18-8-5-3-2-4-6-9(8)21/h7-9,21H,2-6H2,1H3,(H2,17,18,19,20). The third-order valence-corrected chi connectivity index (χ3v) is 3.55. The molecule has 2 atom stereocenters. The minimum atomic E-state index is -4.53. The number of aromatic nitrogens is 2. The lowest BCUT2D eigenvalue weighted by Gasteiger charge is -2.23. The van der Waals surface area contributed by atoms with Crippen LogP contribution in [0.2, 0.25) is 0 Å². The number of aliphatic hydroxyl groups is 1. The molecule has 2 rings (SSSR count). The number of alkyl halides is 3. The first-order valence-corrected chi connectivity index (χ1v) is 6.99. The van der Waals surface area contributed by atoms with Crippen LogP contribution in [0.1, 0.15) is 37.8 Å². The predicted octanol–water partition coefficient (Wildman–Crippen LogP) is 2.64. The third kappa shape index (κ3) is 4.20. The van der Waals surface area contributed by atoms with Gasteiger partial charge in [0.05, 0.1) is 12.1 Å². The minimum absolute atomic E-state index is 0.0765. The zero-order valence-electron chi connectivity index (χ0n) is 11.7. The molecule has 0 spiro atoms. The third-order valence-electron chi connectivity index (χ3n) is 3.55. The average Bonchev–Trinajstić information content (AvgIpc) is 2.63. The fraction of sp³-hybridized carbons (Fsp3) is 0.692. The van der Waals surface area contributed by atoms with E-state index in [-0.39, 0.29) is 17.8 Å². The van der Waals surface area contributed by atoms with Crippen LogP contribution < -0.4 is 10.6 Å². The van der Waals surface area contributed by atoms with Crippen molar-refractivity contribution in [3.8, 4) is 0 Å². The lowest BCUT2D eigenvalue weighted by Crippen LogP contribution is -2.33. The Bertz CT molecular complexity index is 481. The maximum Gasteiger partial charge on any atom is 0.433 e. The van der Waals surface area contributed by atoms with Gasteiger partial charge in [-0.15, -0.1) is 0 Å². The molecular formula is C13H19F3N4O. The predicted molar refractivity (Wildman–Crippen MR) is 73.1 cm³/mol. The molecule has 1 aromatic heterocycles. The molecule has 1 aliphatic carbocycles. The molecule has 1 aromatic rings. The van der Waals surface area contributed by atoms with E-state index < -0.39 is 18.0 Å². The molecule has 1 fully saturated rings. The highest BCUT2D eigenvalue weighted by molar-refractivity contribution is 5.43. The van der Waals surface area contributed by atoms with Crippen LogP contribution in [0.5, 0.6) is 0 Å². The molecule has 5 nitrogen and oxygen atoms in total. The van der Waals surface area contributed by atoms with Gasteiger partial charge in [-0.25, -0.2) is 4.98 Å². The molecule has 1 aliphatic rings.